The van der Waals surface area contributed by atoms with Crippen molar-refractivity contribution in [3.8, 4) is 68.9 Å². The molecule has 0 aliphatic heterocycles. The number of para-hydroxylation sites is 6. The van der Waals surface area contributed by atoms with E-state index in [1.807, 2.05) is 91.0 Å². The van der Waals surface area contributed by atoms with Crippen molar-refractivity contribution in [2.45, 2.75) is 40.6 Å². The van der Waals surface area contributed by atoms with Gasteiger partial charge in [-0.25, -0.2) is 29.3 Å². The zero-order valence-electron chi connectivity index (χ0n) is 45.1. The van der Waals surface area contributed by atoms with Gasteiger partial charge in [0.15, 0.2) is 16.7 Å². The molecule has 0 aliphatic rings. The summed E-state index contributed by atoms with van der Waals surface area (Å²) in [6, 6.07) is 63.7. The van der Waals surface area contributed by atoms with Gasteiger partial charge in [0.25, 0.3) is 0 Å². The summed E-state index contributed by atoms with van der Waals surface area (Å²) < 4.78 is 51.1. The van der Waals surface area contributed by atoms with Crippen LogP contribution in [0.1, 0.15) is 57.3 Å². The van der Waals surface area contributed by atoms with Crippen LogP contribution in [0.3, 0.4) is 0 Å². The van der Waals surface area contributed by atoms with Crippen molar-refractivity contribution in [3.05, 3.63) is 235 Å². The summed E-state index contributed by atoms with van der Waals surface area (Å²) in [5, 5.41) is 29.0. The van der Waals surface area contributed by atoms with Crippen molar-refractivity contribution >= 4 is 51.2 Å². The molecule has 3 N–H and O–H groups in total. The minimum absolute atomic E-state index is 0. The minimum Gasteiger partial charge on any atom is -0.497 e. The molecular formula is C69H63N3O15. The Morgan fingerprint density at radius 2 is 0.586 bits per heavy atom. The lowest BCUT2D eigenvalue weighted by Gasteiger charge is -2.17. The van der Waals surface area contributed by atoms with Crippen LogP contribution in [-0.4, -0.2) is 69.5 Å². The van der Waals surface area contributed by atoms with Gasteiger partial charge < -0.3 is 57.0 Å². The molecule has 0 saturated heterocycles. The van der Waals surface area contributed by atoms with Crippen LogP contribution in [-0.2, 0) is 14.4 Å². The second-order valence-electron chi connectivity index (χ2n) is 18.3. The summed E-state index contributed by atoms with van der Waals surface area (Å²) in [6.45, 7) is 0. The van der Waals surface area contributed by atoms with Crippen molar-refractivity contribution in [2.75, 3.05) is 21.3 Å². The number of carbonyl (C=O) groups is 3. The molecule has 0 bridgehead atoms. The molecule has 3 heterocycles. The third-order valence-electron chi connectivity index (χ3n) is 12.8. The number of ether oxygens (including phenoxy) is 6. The summed E-state index contributed by atoms with van der Waals surface area (Å²) in [6.07, 6.45) is -3.51. The highest BCUT2D eigenvalue weighted by atomic mass is 16.5. The van der Waals surface area contributed by atoms with Crippen molar-refractivity contribution in [2.24, 2.45) is 0 Å². The molecule has 0 fully saturated rings. The number of hydrogen-bond donors (Lipinski definition) is 3. The number of oxazole rings is 3. The number of nitrogens with zero attached hydrogens (tertiary/aromatic N) is 3. The standard InChI is InChI=1S/3C22H17NO5.3CH4/c3*1-26-15-11-12-18(27-20(22(24)25)14-7-3-2-4-8-14)16(13-15)21-23-17-9-5-6-10-19(17)28-21;;;/h3*2-13,20H,1H3,(H,24,25);3*1H4. The molecule has 9 aromatic carbocycles. The first-order valence-corrected chi connectivity index (χ1v) is 25.9. The molecule has 3 atom stereocenters. The first-order chi connectivity index (χ1) is 41.0. The summed E-state index contributed by atoms with van der Waals surface area (Å²) >= 11 is 0. The maximum absolute atomic E-state index is 11.8. The van der Waals surface area contributed by atoms with Crippen molar-refractivity contribution in [1.29, 1.82) is 0 Å². The lowest BCUT2D eigenvalue weighted by atomic mass is 10.1. The Bertz CT molecular complexity index is 3690. The molecule has 12 rings (SSSR count). The van der Waals surface area contributed by atoms with Crippen LogP contribution in [0.2, 0.25) is 0 Å². The van der Waals surface area contributed by atoms with Gasteiger partial charge in [0.1, 0.15) is 51.0 Å². The van der Waals surface area contributed by atoms with Crippen LogP contribution in [0.4, 0.5) is 0 Å². The van der Waals surface area contributed by atoms with Gasteiger partial charge in [-0.05, 0) is 91.0 Å². The fourth-order valence-corrected chi connectivity index (χ4v) is 8.73. The van der Waals surface area contributed by atoms with Gasteiger partial charge in [0.2, 0.25) is 36.0 Å². The molecule has 0 aliphatic carbocycles. The lowest BCUT2D eigenvalue weighted by Crippen LogP contribution is -2.18. The number of aliphatic carboxylic acids is 3. The first-order valence-electron chi connectivity index (χ1n) is 25.9. The van der Waals surface area contributed by atoms with E-state index in [4.69, 9.17) is 41.7 Å². The second kappa shape index (κ2) is 29.2. The highest BCUT2D eigenvalue weighted by Crippen LogP contribution is 2.40. The molecule has 444 valence electrons. The normalized spacial score (nSPS) is 11.5. The molecule has 18 nitrogen and oxygen atoms in total. The lowest BCUT2D eigenvalue weighted by molar-refractivity contribution is -0.146. The number of methoxy groups -OCH3 is 3. The van der Waals surface area contributed by atoms with Gasteiger partial charge in [0.05, 0.1) is 38.0 Å². The van der Waals surface area contributed by atoms with E-state index >= 15 is 0 Å². The van der Waals surface area contributed by atoms with Gasteiger partial charge in [-0.1, -0.05) is 150 Å². The van der Waals surface area contributed by atoms with Crippen molar-refractivity contribution in [3.63, 3.8) is 0 Å². The summed E-state index contributed by atoms with van der Waals surface area (Å²) in [7, 11) is 4.65. The number of aromatic nitrogens is 3. The Morgan fingerprint density at radius 1 is 0.345 bits per heavy atom. The molecular weight excluding hydrogens is 1110 g/mol. The highest BCUT2D eigenvalue weighted by Gasteiger charge is 2.28. The van der Waals surface area contributed by atoms with Gasteiger partial charge >= 0.3 is 17.9 Å². The SMILES string of the molecule is C.C.C.COc1ccc(OC(C(=O)O)c2ccccc2)c(-c2nc3ccccc3o2)c1.COc1ccc(OC(C(=O)O)c2ccccc2)c(-c2nc3ccccc3o2)c1.COc1ccc(OC(C(=O)O)c2ccccc2)c(-c2nc3ccccc3o2)c1. The summed E-state index contributed by atoms with van der Waals surface area (Å²) in [5.41, 5.74) is 7.13. The fraction of sp³-hybridized carbons (Fsp3) is 0.130. The summed E-state index contributed by atoms with van der Waals surface area (Å²) in [5.74, 6) is 0.452. The third-order valence-corrected chi connectivity index (χ3v) is 12.8. The summed E-state index contributed by atoms with van der Waals surface area (Å²) in [4.78, 5) is 49.0. The van der Waals surface area contributed by atoms with E-state index in [-0.39, 0.29) is 22.3 Å². The monoisotopic (exact) mass is 1170 g/mol. The van der Waals surface area contributed by atoms with E-state index in [1.165, 1.54) is 0 Å². The minimum atomic E-state index is -1.17. The van der Waals surface area contributed by atoms with E-state index in [0.717, 1.165) is 0 Å². The number of benzene rings is 9. The smallest absolute Gasteiger partial charge is 0.349 e. The zero-order chi connectivity index (χ0) is 58.5. The Labute approximate surface area is 501 Å². The Hall–Kier alpha value is -11.4. The maximum atomic E-state index is 11.8. The van der Waals surface area contributed by atoms with Crippen LogP contribution in [0.15, 0.2) is 232 Å². The molecule has 3 aromatic heterocycles. The first kappa shape index (κ1) is 63.2. The molecule has 0 saturated carbocycles. The molecule has 12 aromatic rings. The number of rotatable bonds is 18. The van der Waals surface area contributed by atoms with Crippen LogP contribution >= 0.6 is 0 Å². The zero-order valence-corrected chi connectivity index (χ0v) is 45.1. The van der Waals surface area contributed by atoms with Gasteiger partial charge in [-0.2, -0.15) is 0 Å². The fourth-order valence-electron chi connectivity index (χ4n) is 8.73. The van der Waals surface area contributed by atoms with E-state index in [0.29, 0.717) is 119 Å². The number of hydrogen-bond acceptors (Lipinski definition) is 15. The molecule has 87 heavy (non-hydrogen) atoms. The van der Waals surface area contributed by atoms with Crippen LogP contribution < -0.4 is 28.4 Å². The maximum Gasteiger partial charge on any atom is 0.349 e. The van der Waals surface area contributed by atoms with Gasteiger partial charge in [0, 0.05) is 16.7 Å². The molecule has 3 unspecified atom stereocenters. The number of fused-ring (bicyclic) bond motifs is 3. The van der Waals surface area contributed by atoms with Crippen LogP contribution in [0.25, 0.3) is 67.7 Å². The van der Waals surface area contributed by atoms with Crippen molar-refractivity contribution in [1.82, 2.24) is 15.0 Å². The quantitative estimate of drug-likeness (QED) is 0.0723. The van der Waals surface area contributed by atoms with Crippen molar-refractivity contribution < 1.29 is 71.4 Å². The highest BCUT2D eigenvalue weighted by molar-refractivity contribution is 5.82. The average Bonchev–Trinajstić information content (AvgIpc) is 3.99. The predicted octanol–water partition coefficient (Wildman–Crippen LogP) is 16.0. The molecule has 0 spiro atoms. The third kappa shape index (κ3) is 14.9. The predicted molar refractivity (Wildman–Crippen MR) is 331 cm³/mol. The molecule has 0 radical (unpaired) electrons. The van der Waals surface area contributed by atoms with E-state index in [2.05, 4.69) is 15.0 Å². The van der Waals surface area contributed by atoms with Gasteiger partial charge in [-0.3, -0.25) is 0 Å². The Morgan fingerprint density at radius 3 is 0.816 bits per heavy atom. The largest absolute Gasteiger partial charge is 0.497 e. The average molecular weight is 1170 g/mol. The van der Waals surface area contributed by atoms with E-state index in [1.54, 1.807) is 149 Å². The van der Waals surface area contributed by atoms with Crippen LogP contribution in [0.5, 0.6) is 34.5 Å². The van der Waals surface area contributed by atoms with E-state index < -0.39 is 36.2 Å². The topological polar surface area (TPSA) is 245 Å². The van der Waals surface area contributed by atoms with Gasteiger partial charge in [-0.15, -0.1) is 0 Å². The van der Waals surface area contributed by atoms with Crippen LogP contribution in [0, 0.1) is 0 Å². The molecule has 0 amide bonds. The molecule has 18 heteroatoms. The second-order valence-corrected chi connectivity index (χ2v) is 18.3. The number of carboxylic acid groups (broad SMARTS) is 3. The Kier molecular flexibility index (Phi) is 21.2. The number of carboxylic acids is 3. The Balaban J connectivity index is 0.000000183. The van der Waals surface area contributed by atoms with E-state index in [9.17, 15) is 29.7 Å².